The van der Waals surface area contributed by atoms with E-state index in [1.54, 1.807) is 6.20 Å². The molecule has 2 aliphatic heterocycles. The summed E-state index contributed by atoms with van der Waals surface area (Å²) >= 11 is 0. The van der Waals surface area contributed by atoms with Crippen molar-refractivity contribution in [3.8, 4) is 0 Å². The van der Waals surface area contributed by atoms with E-state index >= 15 is 0 Å². The van der Waals surface area contributed by atoms with Crippen molar-refractivity contribution in [3.05, 3.63) is 89.6 Å². The molecule has 3 aromatic rings. The predicted molar refractivity (Wildman–Crippen MR) is 133 cm³/mol. The minimum atomic E-state index is -0.0971. The van der Waals surface area contributed by atoms with E-state index in [4.69, 9.17) is 0 Å². The van der Waals surface area contributed by atoms with Gasteiger partial charge in [-0.05, 0) is 48.2 Å². The van der Waals surface area contributed by atoms with Crippen LogP contribution in [0.2, 0.25) is 0 Å². The van der Waals surface area contributed by atoms with Crippen LogP contribution in [0.25, 0.3) is 0 Å². The zero-order valence-electron chi connectivity index (χ0n) is 18.9. The van der Waals surface area contributed by atoms with E-state index in [-0.39, 0.29) is 11.9 Å². The van der Waals surface area contributed by atoms with Gasteiger partial charge in [-0.2, -0.15) is 0 Å². The summed E-state index contributed by atoms with van der Waals surface area (Å²) in [6.45, 7) is 5.45. The van der Waals surface area contributed by atoms with E-state index in [1.807, 2.05) is 18.2 Å². The topological polar surface area (TPSA) is 60.5 Å². The number of carbonyl (C=O) groups excluding carboxylic acids is 1. The van der Waals surface area contributed by atoms with Crippen LogP contribution in [0.1, 0.15) is 40.4 Å². The molecule has 2 saturated heterocycles. The lowest BCUT2D eigenvalue weighted by Crippen LogP contribution is -2.46. The Kier molecular flexibility index (Phi) is 6.53. The lowest BCUT2D eigenvalue weighted by atomic mass is 10.0. The Morgan fingerprint density at radius 2 is 1.73 bits per heavy atom. The van der Waals surface area contributed by atoms with Crippen LogP contribution in [0.5, 0.6) is 0 Å². The average Bonchev–Trinajstić information content (AvgIpc) is 3.43. The summed E-state index contributed by atoms with van der Waals surface area (Å²) in [6.07, 6.45) is 4.22. The minimum Gasteiger partial charge on any atom is -0.372 e. The van der Waals surface area contributed by atoms with E-state index < -0.39 is 0 Å². The second kappa shape index (κ2) is 10.0. The van der Waals surface area contributed by atoms with Crippen LogP contribution in [-0.2, 0) is 6.54 Å². The fraction of sp³-hybridized carbons (Fsp3) is 0.333. The first-order valence-electron chi connectivity index (χ1n) is 11.9. The molecule has 3 heterocycles. The monoisotopic (exact) mass is 441 g/mol. The number of nitrogens with zero attached hydrogens (tertiary/aromatic N) is 3. The largest absolute Gasteiger partial charge is 0.372 e. The minimum absolute atomic E-state index is 0.0971. The molecule has 0 spiro atoms. The van der Waals surface area contributed by atoms with Gasteiger partial charge in [0.25, 0.3) is 5.91 Å². The van der Waals surface area contributed by atoms with Crippen LogP contribution in [0, 0.1) is 0 Å². The highest BCUT2D eigenvalue weighted by atomic mass is 16.1. The number of aromatic nitrogens is 1. The maximum Gasteiger partial charge on any atom is 0.253 e. The van der Waals surface area contributed by atoms with Gasteiger partial charge in [-0.3, -0.25) is 4.79 Å². The summed E-state index contributed by atoms with van der Waals surface area (Å²) in [5.74, 6) is 0.812. The summed E-state index contributed by atoms with van der Waals surface area (Å²) in [5.41, 5.74) is 4.24. The number of hydrogen-bond acceptors (Lipinski definition) is 5. The summed E-state index contributed by atoms with van der Waals surface area (Å²) < 4.78 is 0. The molecule has 2 N–H and O–H groups in total. The molecule has 1 amide bonds. The van der Waals surface area contributed by atoms with Crippen LogP contribution in [0.3, 0.4) is 0 Å². The van der Waals surface area contributed by atoms with Gasteiger partial charge >= 0.3 is 0 Å². The quantitative estimate of drug-likeness (QED) is 0.610. The number of carbonyl (C=O) groups is 1. The maximum absolute atomic E-state index is 12.6. The standard InChI is InChI=1S/C27H31N5O/c33-27(30-18-21-8-11-24(12-9-21)31-15-4-5-16-31)23-10-13-26(29-19-23)32-17-14-28-25(20-32)22-6-2-1-3-7-22/h1-3,6-13,19,25,28H,4-5,14-18,20H2,(H,30,33)/t25-/m0/s1. The van der Waals surface area contributed by atoms with Crippen molar-refractivity contribution < 1.29 is 4.79 Å². The van der Waals surface area contributed by atoms with Crippen molar-refractivity contribution in [2.24, 2.45) is 0 Å². The zero-order valence-corrected chi connectivity index (χ0v) is 18.9. The van der Waals surface area contributed by atoms with Crippen LogP contribution in [0.4, 0.5) is 11.5 Å². The number of anilines is 2. The van der Waals surface area contributed by atoms with E-state index in [0.29, 0.717) is 12.1 Å². The summed E-state index contributed by atoms with van der Waals surface area (Å²) in [4.78, 5) is 21.9. The molecular formula is C27H31N5O. The van der Waals surface area contributed by atoms with Gasteiger partial charge in [-0.15, -0.1) is 0 Å². The first-order valence-corrected chi connectivity index (χ1v) is 11.9. The van der Waals surface area contributed by atoms with Gasteiger partial charge in [0, 0.05) is 57.2 Å². The summed E-state index contributed by atoms with van der Waals surface area (Å²) in [7, 11) is 0. The van der Waals surface area contributed by atoms with Crippen LogP contribution < -0.4 is 20.4 Å². The van der Waals surface area contributed by atoms with Gasteiger partial charge in [0.2, 0.25) is 0 Å². The Bertz CT molecular complexity index is 1050. The Balaban J connectivity index is 1.16. The number of rotatable bonds is 6. The third kappa shape index (κ3) is 5.17. The normalized spacial score (nSPS) is 18.4. The summed E-state index contributed by atoms with van der Waals surface area (Å²) in [5, 5.41) is 6.60. The first-order chi connectivity index (χ1) is 16.3. The van der Waals surface area contributed by atoms with Crippen LogP contribution in [0.15, 0.2) is 72.9 Å². The third-order valence-corrected chi connectivity index (χ3v) is 6.57. The Hall–Kier alpha value is -3.38. The van der Waals surface area contributed by atoms with E-state index in [9.17, 15) is 4.79 Å². The number of piperazine rings is 1. The van der Waals surface area contributed by atoms with Gasteiger partial charge in [0.05, 0.1) is 5.56 Å². The zero-order chi connectivity index (χ0) is 22.5. The van der Waals surface area contributed by atoms with Gasteiger partial charge in [0.15, 0.2) is 0 Å². The fourth-order valence-corrected chi connectivity index (χ4v) is 4.66. The van der Waals surface area contributed by atoms with Crippen molar-refractivity contribution in [2.45, 2.75) is 25.4 Å². The molecule has 2 fully saturated rings. The Morgan fingerprint density at radius 3 is 2.45 bits per heavy atom. The number of benzene rings is 2. The second-order valence-corrected chi connectivity index (χ2v) is 8.81. The first kappa shape index (κ1) is 21.5. The van der Waals surface area contributed by atoms with E-state index in [2.05, 4.69) is 73.9 Å². The smallest absolute Gasteiger partial charge is 0.253 e. The van der Waals surface area contributed by atoms with Gasteiger partial charge in [-0.25, -0.2) is 4.98 Å². The van der Waals surface area contributed by atoms with Crippen LogP contribution >= 0.6 is 0 Å². The van der Waals surface area contributed by atoms with E-state index in [1.165, 1.54) is 24.1 Å². The molecular weight excluding hydrogens is 410 g/mol. The molecule has 2 aromatic carbocycles. The van der Waals surface area contributed by atoms with Crippen molar-refractivity contribution >= 4 is 17.4 Å². The fourth-order valence-electron chi connectivity index (χ4n) is 4.66. The summed E-state index contributed by atoms with van der Waals surface area (Å²) in [6, 6.07) is 23.1. The number of amides is 1. The lowest BCUT2D eigenvalue weighted by molar-refractivity contribution is 0.0950. The second-order valence-electron chi connectivity index (χ2n) is 8.81. The Morgan fingerprint density at radius 1 is 0.939 bits per heavy atom. The van der Waals surface area contributed by atoms with Crippen LogP contribution in [-0.4, -0.2) is 43.6 Å². The molecule has 0 unspecified atom stereocenters. The van der Waals surface area contributed by atoms with Crippen molar-refractivity contribution in [3.63, 3.8) is 0 Å². The number of hydrogen-bond donors (Lipinski definition) is 2. The van der Waals surface area contributed by atoms with Crippen molar-refractivity contribution in [2.75, 3.05) is 42.5 Å². The van der Waals surface area contributed by atoms with Gasteiger partial charge < -0.3 is 20.4 Å². The molecule has 33 heavy (non-hydrogen) atoms. The maximum atomic E-state index is 12.6. The van der Waals surface area contributed by atoms with Crippen molar-refractivity contribution in [1.82, 2.24) is 15.6 Å². The predicted octanol–water partition coefficient (Wildman–Crippen LogP) is 3.76. The highest BCUT2D eigenvalue weighted by Crippen LogP contribution is 2.22. The molecule has 6 heteroatoms. The molecule has 1 aromatic heterocycles. The molecule has 0 saturated carbocycles. The SMILES string of the molecule is O=C(NCc1ccc(N2CCCC2)cc1)c1ccc(N2CCN[C@H](c3ccccc3)C2)nc1. The molecule has 0 radical (unpaired) electrons. The van der Waals surface area contributed by atoms with Gasteiger partial charge in [-0.1, -0.05) is 42.5 Å². The lowest BCUT2D eigenvalue weighted by Gasteiger charge is -2.34. The molecule has 5 rings (SSSR count). The van der Waals surface area contributed by atoms with Crippen molar-refractivity contribution in [1.29, 1.82) is 0 Å². The molecule has 170 valence electrons. The molecule has 6 nitrogen and oxygen atoms in total. The average molecular weight is 442 g/mol. The third-order valence-electron chi connectivity index (χ3n) is 6.57. The van der Waals surface area contributed by atoms with E-state index in [0.717, 1.165) is 44.1 Å². The van der Waals surface area contributed by atoms with Gasteiger partial charge in [0.1, 0.15) is 5.82 Å². The molecule has 1 atom stereocenters. The molecule has 2 aliphatic rings. The highest BCUT2D eigenvalue weighted by Gasteiger charge is 2.21. The number of nitrogens with one attached hydrogen (secondary N) is 2. The highest BCUT2D eigenvalue weighted by molar-refractivity contribution is 5.94. The Labute approximate surface area is 195 Å². The number of pyridine rings is 1. The molecule has 0 bridgehead atoms. The molecule has 0 aliphatic carbocycles.